The van der Waals surface area contributed by atoms with E-state index in [1.807, 2.05) is 18.7 Å². The van der Waals surface area contributed by atoms with Gasteiger partial charge in [-0.3, -0.25) is 4.79 Å². The second-order valence-corrected chi connectivity index (χ2v) is 4.27. The molecule has 1 amide bonds. The van der Waals surface area contributed by atoms with Gasteiger partial charge in [-0.05, 0) is 19.3 Å². The zero-order valence-corrected chi connectivity index (χ0v) is 9.20. The molecule has 2 unspecified atom stereocenters. The summed E-state index contributed by atoms with van der Waals surface area (Å²) in [4.78, 5) is 13.5. The van der Waals surface area contributed by atoms with E-state index < -0.39 is 0 Å². The summed E-state index contributed by atoms with van der Waals surface area (Å²) in [5.41, 5.74) is 0. The van der Waals surface area contributed by atoms with Crippen LogP contribution in [-0.2, 0) is 4.79 Å². The summed E-state index contributed by atoms with van der Waals surface area (Å²) in [7, 11) is 0. The molecule has 1 aliphatic rings. The average Bonchev–Trinajstić information content (AvgIpc) is 2.13. The Labute approximate surface area is 86.1 Å². The van der Waals surface area contributed by atoms with Crippen molar-refractivity contribution in [2.24, 2.45) is 5.92 Å². The van der Waals surface area contributed by atoms with E-state index in [1.165, 1.54) is 0 Å². The molecule has 3 heteroatoms. The van der Waals surface area contributed by atoms with Crippen LogP contribution in [0.4, 0.5) is 0 Å². The number of rotatable bonds is 4. The van der Waals surface area contributed by atoms with E-state index >= 15 is 0 Å². The van der Waals surface area contributed by atoms with Gasteiger partial charge in [0.1, 0.15) is 0 Å². The van der Waals surface area contributed by atoms with E-state index in [4.69, 9.17) is 0 Å². The molecule has 3 nitrogen and oxygen atoms in total. The van der Waals surface area contributed by atoms with Crippen molar-refractivity contribution in [1.82, 2.24) is 4.90 Å². The van der Waals surface area contributed by atoms with Crippen molar-refractivity contribution in [1.29, 1.82) is 0 Å². The Hall–Kier alpha value is -0.570. The maximum Gasteiger partial charge on any atom is 0.225 e. The fourth-order valence-corrected chi connectivity index (χ4v) is 1.99. The Morgan fingerprint density at radius 1 is 1.64 bits per heavy atom. The van der Waals surface area contributed by atoms with Gasteiger partial charge in [-0.1, -0.05) is 20.3 Å². The highest BCUT2D eigenvalue weighted by atomic mass is 16.3. The van der Waals surface area contributed by atoms with E-state index in [0.717, 1.165) is 32.2 Å². The van der Waals surface area contributed by atoms with E-state index in [-0.39, 0.29) is 17.9 Å². The van der Waals surface area contributed by atoms with Crippen LogP contribution in [0.5, 0.6) is 0 Å². The number of carbonyl (C=O) groups excluding carboxylic acids is 1. The number of amides is 1. The summed E-state index contributed by atoms with van der Waals surface area (Å²) in [5, 5.41) is 9.61. The van der Waals surface area contributed by atoms with Crippen LogP contribution in [0, 0.1) is 5.92 Å². The third kappa shape index (κ3) is 2.98. The van der Waals surface area contributed by atoms with Gasteiger partial charge in [0, 0.05) is 19.0 Å². The Morgan fingerprint density at radius 2 is 2.36 bits per heavy atom. The predicted molar refractivity (Wildman–Crippen MR) is 55.9 cm³/mol. The first-order valence-electron chi connectivity index (χ1n) is 5.62. The van der Waals surface area contributed by atoms with E-state index in [2.05, 4.69) is 0 Å². The molecule has 14 heavy (non-hydrogen) atoms. The minimum Gasteiger partial charge on any atom is -0.391 e. The largest absolute Gasteiger partial charge is 0.391 e. The standard InChI is InChI=1S/C11H21NO2/c1-3-5-10(13)8-12-7-4-6-9(2)11(12)14/h9-10,13H,3-8H2,1-2H3. The predicted octanol–water partition coefficient (Wildman–Crippen LogP) is 1.41. The summed E-state index contributed by atoms with van der Waals surface area (Å²) >= 11 is 0. The molecule has 0 saturated carbocycles. The lowest BCUT2D eigenvalue weighted by molar-refractivity contribution is -0.139. The quantitative estimate of drug-likeness (QED) is 0.743. The molecule has 0 spiro atoms. The van der Waals surface area contributed by atoms with Crippen LogP contribution in [0.25, 0.3) is 0 Å². The molecule has 0 aromatic heterocycles. The summed E-state index contributed by atoms with van der Waals surface area (Å²) in [6, 6.07) is 0. The second-order valence-electron chi connectivity index (χ2n) is 4.27. The summed E-state index contributed by atoms with van der Waals surface area (Å²) < 4.78 is 0. The summed E-state index contributed by atoms with van der Waals surface area (Å²) in [6.45, 7) is 5.37. The minimum absolute atomic E-state index is 0.151. The molecular weight excluding hydrogens is 178 g/mol. The van der Waals surface area contributed by atoms with Crippen molar-refractivity contribution in [2.75, 3.05) is 13.1 Å². The normalized spacial score (nSPS) is 25.2. The van der Waals surface area contributed by atoms with Gasteiger partial charge >= 0.3 is 0 Å². The highest BCUT2D eigenvalue weighted by molar-refractivity contribution is 5.79. The van der Waals surface area contributed by atoms with Crippen molar-refractivity contribution >= 4 is 5.91 Å². The first kappa shape index (κ1) is 11.5. The SMILES string of the molecule is CCCC(O)CN1CCCC(C)C1=O. The molecule has 0 aromatic carbocycles. The third-order valence-corrected chi connectivity index (χ3v) is 2.85. The number of nitrogens with zero attached hydrogens (tertiary/aromatic N) is 1. The summed E-state index contributed by atoms with van der Waals surface area (Å²) in [5.74, 6) is 0.365. The van der Waals surface area contributed by atoms with E-state index in [9.17, 15) is 9.90 Å². The molecule has 1 aliphatic heterocycles. The van der Waals surface area contributed by atoms with E-state index in [0.29, 0.717) is 6.54 Å². The lowest BCUT2D eigenvalue weighted by atomic mass is 9.98. The average molecular weight is 199 g/mol. The smallest absolute Gasteiger partial charge is 0.225 e. The third-order valence-electron chi connectivity index (χ3n) is 2.85. The van der Waals surface area contributed by atoms with Crippen molar-refractivity contribution in [3.63, 3.8) is 0 Å². The number of hydrogen-bond acceptors (Lipinski definition) is 2. The summed E-state index contributed by atoms with van der Waals surface area (Å²) in [6.07, 6.45) is 3.50. The Morgan fingerprint density at radius 3 is 3.00 bits per heavy atom. The molecule has 0 radical (unpaired) electrons. The lowest BCUT2D eigenvalue weighted by Crippen LogP contribution is -2.44. The van der Waals surface area contributed by atoms with Gasteiger partial charge in [0.2, 0.25) is 5.91 Å². The zero-order chi connectivity index (χ0) is 10.6. The zero-order valence-electron chi connectivity index (χ0n) is 9.20. The molecule has 2 atom stereocenters. The van der Waals surface area contributed by atoms with E-state index in [1.54, 1.807) is 0 Å². The fraction of sp³-hybridized carbons (Fsp3) is 0.909. The number of aliphatic hydroxyl groups excluding tert-OH is 1. The molecule has 1 N–H and O–H groups in total. The Kier molecular flexibility index (Phi) is 4.39. The molecule has 82 valence electrons. The van der Waals surface area contributed by atoms with Crippen molar-refractivity contribution in [3.05, 3.63) is 0 Å². The highest BCUT2D eigenvalue weighted by Gasteiger charge is 2.26. The topological polar surface area (TPSA) is 40.5 Å². The molecule has 0 aliphatic carbocycles. The highest BCUT2D eigenvalue weighted by Crippen LogP contribution is 2.17. The maximum atomic E-state index is 11.7. The van der Waals surface area contributed by atoms with Crippen LogP contribution in [0.2, 0.25) is 0 Å². The Balaban J connectivity index is 2.39. The molecular formula is C11H21NO2. The molecule has 1 fully saturated rings. The Bertz CT molecular complexity index is 194. The lowest BCUT2D eigenvalue weighted by Gasteiger charge is -2.32. The van der Waals surface area contributed by atoms with Gasteiger partial charge in [0.05, 0.1) is 6.10 Å². The molecule has 0 aromatic rings. The van der Waals surface area contributed by atoms with Crippen LogP contribution in [0.1, 0.15) is 39.5 Å². The number of aliphatic hydroxyl groups is 1. The molecule has 1 heterocycles. The molecule has 1 saturated heterocycles. The second kappa shape index (κ2) is 5.35. The van der Waals surface area contributed by atoms with Crippen LogP contribution >= 0.6 is 0 Å². The number of carbonyl (C=O) groups is 1. The van der Waals surface area contributed by atoms with Gasteiger partial charge in [-0.25, -0.2) is 0 Å². The van der Waals surface area contributed by atoms with Crippen LogP contribution in [0.15, 0.2) is 0 Å². The van der Waals surface area contributed by atoms with Crippen LogP contribution in [0.3, 0.4) is 0 Å². The fourth-order valence-electron chi connectivity index (χ4n) is 1.99. The number of likely N-dealkylation sites (tertiary alicyclic amines) is 1. The first-order chi connectivity index (χ1) is 6.65. The van der Waals surface area contributed by atoms with Gasteiger partial charge in [-0.2, -0.15) is 0 Å². The van der Waals surface area contributed by atoms with Gasteiger partial charge in [0.25, 0.3) is 0 Å². The number of hydrogen-bond donors (Lipinski definition) is 1. The van der Waals surface area contributed by atoms with Crippen LogP contribution < -0.4 is 0 Å². The monoisotopic (exact) mass is 199 g/mol. The number of piperidine rings is 1. The molecule has 1 rings (SSSR count). The maximum absolute atomic E-state index is 11.7. The van der Waals surface area contributed by atoms with Gasteiger partial charge in [-0.15, -0.1) is 0 Å². The van der Waals surface area contributed by atoms with Crippen molar-refractivity contribution in [2.45, 2.75) is 45.6 Å². The van der Waals surface area contributed by atoms with Gasteiger partial charge < -0.3 is 10.0 Å². The van der Waals surface area contributed by atoms with Crippen LogP contribution in [-0.4, -0.2) is 35.1 Å². The minimum atomic E-state index is -0.339. The van der Waals surface area contributed by atoms with Gasteiger partial charge in [0.15, 0.2) is 0 Å². The van der Waals surface area contributed by atoms with Crippen molar-refractivity contribution < 1.29 is 9.90 Å². The van der Waals surface area contributed by atoms with Crippen molar-refractivity contribution in [3.8, 4) is 0 Å². The molecule has 0 bridgehead atoms. The first-order valence-corrected chi connectivity index (χ1v) is 5.62. The number of β-amino-alcohol motifs (C(OH)–C–C–N with tert-alkyl or cyclic N) is 1.